The van der Waals surface area contributed by atoms with E-state index in [0.717, 1.165) is 24.6 Å². The summed E-state index contributed by atoms with van der Waals surface area (Å²) in [6.07, 6.45) is 2.58. The van der Waals surface area contributed by atoms with Crippen LogP contribution in [0.5, 0.6) is 0 Å². The molecule has 1 aliphatic heterocycles. The van der Waals surface area contributed by atoms with Gasteiger partial charge in [-0.25, -0.2) is 0 Å². The van der Waals surface area contributed by atoms with Crippen molar-refractivity contribution in [3.8, 4) is 0 Å². The molecular weight excluding hydrogens is 212 g/mol. The Hall–Kier alpha value is -0.800. The maximum absolute atomic E-state index is 5.64. The predicted molar refractivity (Wildman–Crippen MR) is 70.0 cm³/mol. The molecule has 0 amide bonds. The third kappa shape index (κ3) is 3.86. The summed E-state index contributed by atoms with van der Waals surface area (Å²) >= 11 is 0. The molecule has 3 nitrogen and oxygen atoms in total. The van der Waals surface area contributed by atoms with Crippen LogP contribution in [-0.4, -0.2) is 30.1 Å². The highest BCUT2D eigenvalue weighted by Gasteiger charge is 2.20. The molecule has 1 unspecified atom stereocenters. The first-order valence-electron chi connectivity index (χ1n) is 6.67. The lowest BCUT2D eigenvalue weighted by Crippen LogP contribution is -2.47. The van der Waals surface area contributed by atoms with Gasteiger partial charge in [-0.1, -0.05) is 13.8 Å². The van der Waals surface area contributed by atoms with Crippen molar-refractivity contribution in [1.29, 1.82) is 0 Å². The molecule has 1 aromatic heterocycles. The van der Waals surface area contributed by atoms with Crippen LogP contribution in [0.25, 0.3) is 0 Å². The number of hydrogen-bond acceptors (Lipinski definition) is 3. The minimum absolute atomic E-state index is 0.575. The zero-order valence-corrected chi connectivity index (χ0v) is 11.2. The molecule has 1 N–H and O–H groups in total. The smallest absolute Gasteiger partial charge is 0.118 e. The van der Waals surface area contributed by atoms with Crippen LogP contribution >= 0.6 is 0 Å². The van der Waals surface area contributed by atoms with Gasteiger partial charge in [0.05, 0.1) is 6.54 Å². The summed E-state index contributed by atoms with van der Waals surface area (Å²) < 4.78 is 5.64. The summed E-state index contributed by atoms with van der Waals surface area (Å²) in [5.41, 5.74) is 0. The number of nitrogens with one attached hydrogen (secondary N) is 1. The summed E-state index contributed by atoms with van der Waals surface area (Å²) in [4.78, 5) is 2.49. The molecule has 0 aliphatic carbocycles. The molecule has 1 saturated heterocycles. The second-order valence-corrected chi connectivity index (χ2v) is 5.41. The Morgan fingerprint density at radius 3 is 2.94 bits per heavy atom. The van der Waals surface area contributed by atoms with Crippen molar-refractivity contribution < 1.29 is 4.42 Å². The van der Waals surface area contributed by atoms with Gasteiger partial charge in [0, 0.05) is 18.6 Å². The van der Waals surface area contributed by atoms with Crippen LogP contribution in [0.2, 0.25) is 0 Å². The van der Waals surface area contributed by atoms with Gasteiger partial charge in [-0.15, -0.1) is 0 Å². The molecule has 1 atom stereocenters. The maximum atomic E-state index is 5.64. The average Bonchev–Trinajstić information content (AvgIpc) is 2.63. The number of piperidine rings is 1. The minimum atomic E-state index is 0.575. The first-order chi connectivity index (χ1) is 8.13. The molecule has 3 heteroatoms. The van der Waals surface area contributed by atoms with E-state index in [1.807, 2.05) is 13.0 Å². The molecule has 0 radical (unpaired) electrons. The third-order valence-corrected chi connectivity index (χ3v) is 3.25. The van der Waals surface area contributed by atoms with Gasteiger partial charge in [0.1, 0.15) is 11.5 Å². The fourth-order valence-corrected chi connectivity index (χ4v) is 2.60. The first-order valence-corrected chi connectivity index (χ1v) is 6.67. The van der Waals surface area contributed by atoms with Crippen LogP contribution in [0.3, 0.4) is 0 Å². The van der Waals surface area contributed by atoms with E-state index in [1.54, 1.807) is 0 Å². The Bertz CT molecular complexity index is 346. The minimum Gasteiger partial charge on any atom is -0.465 e. The summed E-state index contributed by atoms with van der Waals surface area (Å²) in [6.45, 7) is 9.71. The predicted octanol–water partition coefficient (Wildman–Crippen LogP) is 2.55. The molecule has 1 aliphatic rings. The van der Waals surface area contributed by atoms with Crippen LogP contribution in [-0.2, 0) is 6.54 Å². The monoisotopic (exact) mass is 236 g/mol. The largest absolute Gasteiger partial charge is 0.465 e. The van der Waals surface area contributed by atoms with Gasteiger partial charge in [0.15, 0.2) is 0 Å². The second-order valence-electron chi connectivity index (χ2n) is 5.41. The number of aryl methyl sites for hydroxylation is 1. The second kappa shape index (κ2) is 5.69. The van der Waals surface area contributed by atoms with Gasteiger partial charge in [0.25, 0.3) is 0 Å². The molecule has 0 saturated carbocycles. The van der Waals surface area contributed by atoms with Gasteiger partial charge in [-0.3, -0.25) is 4.90 Å². The molecule has 1 fully saturated rings. The highest BCUT2D eigenvalue weighted by molar-refractivity contribution is 5.05. The molecule has 0 bridgehead atoms. The number of hydrogen-bond donors (Lipinski definition) is 1. The standard InChI is InChI=1S/C14H24N2O/c1-11(2)15-13-5-4-8-16(9-13)10-14-7-6-12(3)17-14/h6-7,11,13,15H,4-5,8-10H2,1-3H3. The summed E-state index contributed by atoms with van der Waals surface area (Å²) in [7, 11) is 0. The normalized spacial score (nSPS) is 22.2. The van der Waals surface area contributed by atoms with E-state index in [1.165, 1.54) is 19.4 Å². The quantitative estimate of drug-likeness (QED) is 0.871. The van der Waals surface area contributed by atoms with E-state index in [-0.39, 0.29) is 0 Å². The van der Waals surface area contributed by atoms with Crippen molar-refractivity contribution in [2.75, 3.05) is 13.1 Å². The Morgan fingerprint density at radius 1 is 1.47 bits per heavy atom. The van der Waals surface area contributed by atoms with Crippen molar-refractivity contribution >= 4 is 0 Å². The van der Waals surface area contributed by atoms with Crippen LogP contribution in [0.1, 0.15) is 38.2 Å². The van der Waals surface area contributed by atoms with Crippen molar-refractivity contribution in [1.82, 2.24) is 10.2 Å². The van der Waals surface area contributed by atoms with E-state index in [4.69, 9.17) is 4.42 Å². The lowest BCUT2D eigenvalue weighted by molar-refractivity contribution is 0.167. The average molecular weight is 236 g/mol. The zero-order valence-electron chi connectivity index (χ0n) is 11.2. The van der Waals surface area contributed by atoms with Gasteiger partial charge in [-0.05, 0) is 38.4 Å². The van der Waals surface area contributed by atoms with Crippen LogP contribution in [0, 0.1) is 6.92 Å². The number of rotatable bonds is 4. The molecule has 2 rings (SSSR count). The van der Waals surface area contributed by atoms with Crippen molar-refractivity contribution in [3.05, 3.63) is 23.7 Å². The van der Waals surface area contributed by atoms with Crippen LogP contribution in [0.15, 0.2) is 16.5 Å². The molecule has 17 heavy (non-hydrogen) atoms. The Morgan fingerprint density at radius 2 is 2.29 bits per heavy atom. The van der Waals surface area contributed by atoms with E-state index in [9.17, 15) is 0 Å². The van der Waals surface area contributed by atoms with Crippen LogP contribution < -0.4 is 5.32 Å². The Labute approximate surface area is 104 Å². The lowest BCUT2D eigenvalue weighted by atomic mass is 10.0. The maximum Gasteiger partial charge on any atom is 0.118 e. The van der Waals surface area contributed by atoms with E-state index in [2.05, 4.69) is 30.1 Å². The molecular formula is C14H24N2O. The van der Waals surface area contributed by atoms with E-state index < -0.39 is 0 Å². The Balaban J connectivity index is 1.85. The van der Waals surface area contributed by atoms with Gasteiger partial charge in [-0.2, -0.15) is 0 Å². The molecule has 2 heterocycles. The molecule has 96 valence electrons. The van der Waals surface area contributed by atoms with E-state index in [0.29, 0.717) is 12.1 Å². The highest BCUT2D eigenvalue weighted by Crippen LogP contribution is 2.15. The van der Waals surface area contributed by atoms with E-state index >= 15 is 0 Å². The summed E-state index contributed by atoms with van der Waals surface area (Å²) in [5, 5.41) is 3.63. The first kappa shape index (κ1) is 12.7. The molecule has 0 spiro atoms. The molecule has 1 aromatic rings. The lowest BCUT2D eigenvalue weighted by Gasteiger charge is -2.33. The highest BCUT2D eigenvalue weighted by atomic mass is 16.3. The van der Waals surface area contributed by atoms with Gasteiger partial charge in [0.2, 0.25) is 0 Å². The van der Waals surface area contributed by atoms with Crippen molar-refractivity contribution in [3.63, 3.8) is 0 Å². The number of nitrogens with zero attached hydrogens (tertiary/aromatic N) is 1. The summed E-state index contributed by atoms with van der Waals surface area (Å²) in [6, 6.07) is 5.35. The zero-order chi connectivity index (χ0) is 12.3. The van der Waals surface area contributed by atoms with Crippen molar-refractivity contribution in [2.24, 2.45) is 0 Å². The SMILES string of the molecule is Cc1ccc(CN2CCCC(NC(C)C)C2)o1. The van der Waals surface area contributed by atoms with Gasteiger partial charge >= 0.3 is 0 Å². The fraction of sp³-hybridized carbons (Fsp3) is 0.714. The fourth-order valence-electron chi connectivity index (χ4n) is 2.60. The van der Waals surface area contributed by atoms with Crippen molar-refractivity contribution in [2.45, 2.75) is 52.2 Å². The molecule has 0 aromatic carbocycles. The topological polar surface area (TPSA) is 28.4 Å². The van der Waals surface area contributed by atoms with Crippen LogP contribution in [0.4, 0.5) is 0 Å². The third-order valence-electron chi connectivity index (χ3n) is 3.25. The summed E-state index contributed by atoms with van der Waals surface area (Å²) in [5.74, 6) is 2.10. The van der Waals surface area contributed by atoms with Gasteiger partial charge < -0.3 is 9.73 Å². The number of furan rings is 1. The Kier molecular flexibility index (Phi) is 4.24. The number of likely N-dealkylation sites (tertiary alicyclic amines) is 1.